The van der Waals surface area contributed by atoms with Crippen molar-refractivity contribution in [2.45, 2.75) is 5.16 Å². The van der Waals surface area contributed by atoms with E-state index in [1.54, 1.807) is 24.3 Å². The maximum absolute atomic E-state index is 12.3. The summed E-state index contributed by atoms with van der Waals surface area (Å²) in [5.74, 6) is -0.281. The lowest BCUT2D eigenvalue weighted by Crippen LogP contribution is -2.15. The number of thioether (sulfide) groups is 1. The second kappa shape index (κ2) is 8.67. The van der Waals surface area contributed by atoms with Crippen LogP contribution in [0.15, 0.2) is 69.0 Å². The lowest BCUT2D eigenvalue weighted by atomic mass is 10.2. The number of nitrogens with zero attached hydrogens (tertiary/aromatic N) is 4. The molecule has 1 amide bonds. The minimum Gasteiger partial charge on any atom is -0.505 e. The molecular weight excluding hydrogens is 426 g/mol. The van der Waals surface area contributed by atoms with Crippen LogP contribution in [0.4, 0.5) is 11.4 Å². The zero-order chi connectivity index (χ0) is 21.8. The molecule has 3 aromatic heterocycles. The number of benzene rings is 1. The predicted molar refractivity (Wildman–Crippen MR) is 109 cm³/mol. The van der Waals surface area contributed by atoms with Gasteiger partial charge >= 0.3 is 0 Å². The summed E-state index contributed by atoms with van der Waals surface area (Å²) in [6.45, 7) is 0. The van der Waals surface area contributed by atoms with Gasteiger partial charge in [0, 0.05) is 6.07 Å². The fourth-order valence-corrected chi connectivity index (χ4v) is 3.24. The van der Waals surface area contributed by atoms with Crippen LogP contribution in [-0.4, -0.2) is 36.9 Å². The van der Waals surface area contributed by atoms with Crippen LogP contribution in [0, 0.1) is 10.1 Å². The first kappa shape index (κ1) is 20.1. The number of rotatable bonds is 7. The number of nitro groups is 1. The number of para-hydroxylation sites is 1. The van der Waals surface area contributed by atoms with Crippen molar-refractivity contribution in [3.63, 3.8) is 0 Å². The van der Waals surface area contributed by atoms with Crippen molar-refractivity contribution in [2.24, 2.45) is 0 Å². The van der Waals surface area contributed by atoms with Gasteiger partial charge in [0.1, 0.15) is 11.4 Å². The molecule has 12 heteroatoms. The van der Waals surface area contributed by atoms with Crippen molar-refractivity contribution in [3.05, 3.63) is 65.1 Å². The SMILES string of the molecule is O=C(CSc1nnc(-c2ccco2)c(-c2ccco2)n1)Nc1c(O)cccc1[N+](=O)[O-]. The summed E-state index contributed by atoms with van der Waals surface area (Å²) in [5.41, 5.74) is 0.0635. The number of carbonyl (C=O) groups excluding carboxylic acids is 1. The molecule has 0 aliphatic carbocycles. The number of furan rings is 2. The van der Waals surface area contributed by atoms with E-state index in [1.165, 1.54) is 30.7 Å². The molecule has 0 aliphatic heterocycles. The van der Waals surface area contributed by atoms with Crippen molar-refractivity contribution < 1.29 is 23.7 Å². The number of aromatic nitrogens is 3. The number of carbonyl (C=O) groups is 1. The van der Waals surface area contributed by atoms with Gasteiger partial charge in [0.25, 0.3) is 5.69 Å². The van der Waals surface area contributed by atoms with Gasteiger partial charge in [0.2, 0.25) is 11.1 Å². The van der Waals surface area contributed by atoms with Gasteiger partial charge in [-0.3, -0.25) is 14.9 Å². The van der Waals surface area contributed by atoms with Gasteiger partial charge in [-0.05, 0) is 30.3 Å². The fraction of sp³-hybridized carbons (Fsp3) is 0.0526. The van der Waals surface area contributed by atoms with Crippen LogP contribution in [0.1, 0.15) is 0 Å². The van der Waals surface area contributed by atoms with Crippen molar-refractivity contribution in [3.8, 4) is 28.7 Å². The number of phenols is 1. The third-order valence-corrected chi connectivity index (χ3v) is 4.83. The van der Waals surface area contributed by atoms with Crippen LogP contribution in [0.2, 0.25) is 0 Å². The van der Waals surface area contributed by atoms with Crippen LogP contribution in [0.25, 0.3) is 22.9 Å². The summed E-state index contributed by atoms with van der Waals surface area (Å²) in [5, 5.41) is 31.6. The molecule has 0 atom stereocenters. The molecular formula is C19H13N5O6S. The van der Waals surface area contributed by atoms with Crippen molar-refractivity contribution in [1.29, 1.82) is 0 Å². The number of aromatic hydroxyl groups is 1. The topological polar surface area (TPSA) is 157 Å². The zero-order valence-electron chi connectivity index (χ0n) is 15.6. The Morgan fingerprint density at radius 3 is 2.42 bits per heavy atom. The zero-order valence-corrected chi connectivity index (χ0v) is 16.4. The first-order valence-electron chi connectivity index (χ1n) is 8.74. The van der Waals surface area contributed by atoms with Crippen LogP contribution in [0.3, 0.4) is 0 Å². The molecule has 0 bridgehead atoms. The van der Waals surface area contributed by atoms with E-state index in [0.717, 1.165) is 11.8 Å². The Kier molecular flexibility index (Phi) is 5.62. The molecule has 0 unspecified atom stereocenters. The van der Waals surface area contributed by atoms with Crippen molar-refractivity contribution in [1.82, 2.24) is 15.2 Å². The van der Waals surface area contributed by atoms with E-state index < -0.39 is 22.3 Å². The van der Waals surface area contributed by atoms with Gasteiger partial charge in [-0.1, -0.05) is 17.8 Å². The van der Waals surface area contributed by atoms with Crippen LogP contribution < -0.4 is 5.32 Å². The smallest absolute Gasteiger partial charge is 0.296 e. The number of nitro benzene ring substituents is 1. The van der Waals surface area contributed by atoms with Crippen molar-refractivity contribution >= 4 is 29.0 Å². The van der Waals surface area contributed by atoms with E-state index in [-0.39, 0.29) is 16.6 Å². The Bertz CT molecular complexity index is 1230. The number of amides is 1. The lowest BCUT2D eigenvalue weighted by Gasteiger charge is -2.08. The third-order valence-electron chi connectivity index (χ3n) is 3.99. The Balaban J connectivity index is 1.53. The molecule has 0 spiro atoms. The summed E-state index contributed by atoms with van der Waals surface area (Å²) in [6, 6.07) is 10.5. The standard InChI is InChI=1S/C19H13N5O6S/c25-12-5-1-4-11(24(27)28)16(12)20-15(26)10-31-19-21-17(13-6-2-8-29-13)18(22-23-19)14-7-3-9-30-14/h1-9,25H,10H2,(H,20,26). The normalized spacial score (nSPS) is 10.7. The summed E-state index contributed by atoms with van der Waals surface area (Å²) in [4.78, 5) is 27.1. The second-order valence-electron chi connectivity index (χ2n) is 6.01. The Morgan fingerprint density at radius 1 is 1.06 bits per heavy atom. The number of hydrogen-bond donors (Lipinski definition) is 2. The van der Waals surface area contributed by atoms with Gasteiger partial charge < -0.3 is 19.3 Å². The maximum atomic E-state index is 12.3. The van der Waals surface area contributed by atoms with E-state index in [0.29, 0.717) is 22.9 Å². The molecule has 4 rings (SSSR count). The molecule has 2 N–H and O–H groups in total. The first-order valence-corrected chi connectivity index (χ1v) is 9.73. The summed E-state index contributed by atoms with van der Waals surface area (Å²) in [7, 11) is 0. The van der Waals surface area contributed by atoms with Crippen LogP contribution in [-0.2, 0) is 4.79 Å². The Morgan fingerprint density at radius 2 is 1.77 bits per heavy atom. The number of phenolic OH excluding ortho intramolecular Hbond substituents is 1. The number of hydrogen-bond acceptors (Lipinski definition) is 10. The van der Waals surface area contributed by atoms with E-state index in [2.05, 4.69) is 20.5 Å². The molecule has 11 nitrogen and oxygen atoms in total. The largest absolute Gasteiger partial charge is 0.505 e. The Labute approximate surface area is 178 Å². The quantitative estimate of drug-likeness (QED) is 0.188. The average Bonchev–Trinajstić information content (AvgIpc) is 3.47. The summed E-state index contributed by atoms with van der Waals surface area (Å²) in [6.07, 6.45) is 2.98. The highest BCUT2D eigenvalue weighted by atomic mass is 32.2. The lowest BCUT2D eigenvalue weighted by molar-refractivity contribution is -0.384. The van der Waals surface area contributed by atoms with Gasteiger partial charge in [0.05, 0.1) is 23.2 Å². The van der Waals surface area contributed by atoms with E-state index in [9.17, 15) is 20.0 Å². The molecule has 31 heavy (non-hydrogen) atoms. The molecule has 0 saturated carbocycles. The number of nitrogens with one attached hydrogen (secondary N) is 1. The van der Waals surface area contributed by atoms with Gasteiger partial charge in [-0.15, -0.1) is 10.2 Å². The Hall–Kier alpha value is -4.19. The highest BCUT2D eigenvalue weighted by molar-refractivity contribution is 7.99. The minimum absolute atomic E-state index is 0.176. The highest BCUT2D eigenvalue weighted by Gasteiger charge is 2.21. The van der Waals surface area contributed by atoms with Crippen LogP contribution in [0.5, 0.6) is 5.75 Å². The molecule has 0 radical (unpaired) electrons. The molecule has 3 heterocycles. The van der Waals surface area contributed by atoms with Crippen LogP contribution >= 0.6 is 11.8 Å². The average molecular weight is 439 g/mol. The maximum Gasteiger partial charge on any atom is 0.296 e. The van der Waals surface area contributed by atoms with Gasteiger partial charge in [-0.25, -0.2) is 4.98 Å². The monoisotopic (exact) mass is 439 g/mol. The summed E-state index contributed by atoms with van der Waals surface area (Å²) >= 11 is 0.965. The molecule has 1 aromatic carbocycles. The van der Waals surface area contributed by atoms with E-state index >= 15 is 0 Å². The minimum atomic E-state index is -0.696. The number of anilines is 1. The molecule has 4 aromatic rings. The highest BCUT2D eigenvalue weighted by Crippen LogP contribution is 2.34. The third kappa shape index (κ3) is 4.38. The van der Waals surface area contributed by atoms with Gasteiger partial charge in [-0.2, -0.15) is 0 Å². The summed E-state index contributed by atoms with van der Waals surface area (Å²) < 4.78 is 10.8. The second-order valence-corrected chi connectivity index (χ2v) is 6.95. The first-order chi connectivity index (χ1) is 15.0. The van der Waals surface area contributed by atoms with E-state index in [1.807, 2.05) is 0 Å². The van der Waals surface area contributed by atoms with Crippen molar-refractivity contribution in [2.75, 3.05) is 11.1 Å². The molecule has 0 saturated heterocycles. The molecule has 0 fully saturated rings. The van der Waals surface area contributed by atoms with E-state index in [4.69, 9.17) is 8.83 Å². The van der Waals surface area contributed by atoms with Gasteiger partial charge in [0.15, 0.2) is 22.9 Å². The predicted octanol–water partition coefficient (Wildman–Crippen LogP) is 3.74. The fourth-order valence-electron chi connectivity index (χ4n) is 2.65. The molecule has 0 aliphatic rings. The molecule has 156 valence electrons.